The largest absolute Gasteiger partial charge is 0.490 e. The van der Waals surface area contributed by atoms with E-state index in [0.717, 1.165) is 22.2 Å². The van der Waals surface area contributed by atoms with Crippen LogP contribution in [0.4, 0.5) is 10.5 Å². The molecule has 2 fully saturated rings. The number of aryl methyl sites for hydroxylation is 1. The molecule has 0 atom stereocenters. The van der Waals surface area contributed by atoms with Crippen LogP contribution in [0.15, 0.2) is 41.3 Å². The van der Waals surface area contributed by atoms with Crippen molar-refractivity contribution in [2.75, 3.05) is 51.4 Å². The van der Waals surface area contributed by atoms with Crippen molar-refractivity contribution < 1.29 is 33.4 Å². The molecule has 0 aliphatic carbocycles. The predicted octanol–water partition coefficient (Wildman–Crippen LogP) is 3.91. The fourth-order valence-corrected chi connectivity index (χ4v) is 5.59. The van der Waals surface area contributed by atoms with E-state index >= 15 is 0 Å². The van der Waals surface area contributed by atoms with Crippen LogP contribution in [0.1, 0.15) is 18.1 Å². The van der Waals surface area contributed by atoms with E-state index in [4.69, 9.17) is 14.2 Å². The maximum atomic E-state index is 13.0. The Morgan fingerprint density at radius 1 is 1.15 bits per heavy atom. The van der Waals surface area contributed by atoms with Gasteiger partial charge in [-0.25, -0.2) is 0 Å². The average Bonchev–Trinajstić information content (AvgIpc) is 3.16. The number of nitrogens with zero attached hydrogens (tertiary/aromatic N) is 2. The zero-order chi connectivity index (χ0) is 27.9. The second-order valence-electron chi connectivity index (χ2n) is 8.73. The lowest BCUT2D eigenvalue weighted by molar-refractivity contribution is -0.139. The van der Waals surface area contributed by atoms with Crippen LogP contribution in [-0.2, 0) is 19.1 Å². The van der Waals surface area contributed by atoms with Gasteiger partial charge in [-0.3, -0.25) is 24.1 Å². The van der Waals surface area contributed by atoms with Crippen LogP contribution in [-0.4, -0.2) is 78.8 Å². The van der Waals surface area contributed by atoms with Crippen LogP contribution in [0.25, 0.3) is 6.08 Å². The molecule has 0 bridgehead atoms. The number of thioether (sulfide) groups is 1. The first-order chi connectivity index (χ1) is 18.7. The topological polar surface area (TPSA) is 114 Å². The Balaban J connectivity index is 1.45. The monoisotopic (exact) mass is 665 g/mol. The van der Waals surface area contributed by atoms with Crippen LogP contribution in [0.2, 0.25) is 0 Å². The number of carbonyl (C=O) groups is 4. The lowest BCUT2D eigenvalue weighted by Crippen LogP contribution is -2.46. The smallest absolute Gasteiger partial charge is 0.294 e. The molecule has 2 saturated heterocycles. The summed E-state index contributed by atoms with van der Waals surface area (Å²) in [5.74, 6) is -0.321. The number of hydrogen-bond acceptors (Lipinski definition) is 8. The number of morpholine rings is 1. The van der Waals surface area contributed by atoms with Crippen molar-refractivity contribution in [1.82, 2.24) is 9.80 Å². The molecular weight excluding hydrogens is 637 g/mol. The first-order valence-corrected chi connectivity index (χ1v) is 14.2. The molecule has 0 radical (unpaired) electrons. The van der Waals surface area contributed by atoms with Gasteiger partial charge in [0.05, 0.1) is 28.3 Å². The molecule has 39 heavy (non-hydrogen) atoms. The number of imide groups is 1. The number of anilines is 1. The summed E-state index contributed by atoms with van der Waals surface area (Å²) in [6.45, 7) is 5.33. The van der Waals surface area contributed by atoms with Gasteiger partial charge < -0.3 is 24.4 Å². The molecule has 2 aliphatic heterocycles. The maximum Gasteiger partial charge on any atom is 0.294 e. The molecule has 2 aromatic rings. The summed E-state index contributed by atoms with van der Waals surface area (Å²) in [6, 6.07) is 10.9. The molecular formula is C27H28IN3O7S. The number of halogens is 1. The molecule has 0 aromatic heterocycles. The highest BCUT2D eigenvalue weighted by Gasteiger charge is 2.37. The van der Waals surface area contributed by atoms with Gasteiger partial charge in [0.1, 0.15) is 6.54 Å². The average molecular weight is 666 g/mol. The van der Waals surface area contributed by atoms with E-state index in [-0.39, 0.29) is 29.9 Å². The summed E-state index contributed by atoms with van der Waals surface area (Å²) in [4.78, 5) is 53.3. The van der Waals surface area contributed by atoms with Crippen LogP contribution in [0.5, 0.6) is 11.5 Å². The minimum Gasteiger partial charge on any atom is -0.490 e. The molecule has 2 aromatic carbocycles. The first kappa shape index (κ1) is 28.9. The van der Waals surface area contributed by atoms with Crippen molar-refractivity contribution in [3.63, 3.8) is 0 Å². The summed E-state index contributed by atoms with van der Waals surface area (Å²) in [6.07, 6.45) is 1.59. The molecule has 2 aliphatic rings. The van der Waals surface area contributed by atoms with Gasteiger partial charge in [0, 0.05) is 18.8 Å². The second-order valence-corrected chi connectivity index (χ2v) is 10.9. The Kier molecular flexibility index (Phi) is 9.86. The Morgan fingerprint density at radius 3 is 2.64 bits per heavy atom. The fraction of sp³-hybridized carbons (Fsp3) is 0.333. The maximum absolute atomic E-state index is 13.0. The fourth-order valence-electron chi connectivity index (χ4n) is 3.97. The Morgan fingerprint density at radius 2 is 1.92 bits per heavy atom. The molecule has 0 saturated carbocycles. The van der Waals surface area contributed by atoms with Gasteiger partial charge in [-0.15, -0.1) is 0 Å². The van der Waals surface area contributed by atoms with Crippen LogP contribution in [0.3, 0.4) is 0 Å². The van der Waals surface area contributed by atoms with Gasteiger partial charge >= 0.3 is 0 Å². The molecule has 12 heteroatoms. The highest BCUT2D eigenvalue weighted by atomic mass is 127. The lowest BCUT2D eigenvalue weighted by atomic mass is 10.2. The number of nitrogens with one attached hydrogen (secondary N) is 1. The number of hydrogen-bond donors (Lipinski definition) is 1. The molecule has 1 N–H and O–H groups in total. The summed E-state index contributed by atoms with van der Waals surface area (Å²) in [5, 5.41) is 2.31. The number of carbonyl (C=O) groups excluding carboxylic acids is 4. The van der Waals surface area contributed by atoms with Gasteiger partial charge in [0.25, 0.3) is 17.1 Å². The zero-order valence-electron chi connectivity index (χ0n) is 21.5. The predicted molar refractivity (Wildman–Crippen MR) is 156 cm³/mol. The third-order valence-electron chi connectivity index (χ3n) is 5.81. The zero-order valence-corrected chi connectivity index (χ0v) is 24.5. The minimum absolute atomic E-state index is 0.208. The quantitative estimate of drug-likeness (QED) is 0.317. The van der Waals surface area contributed by atoms with Crippen molar-refractivity contribution in [3.8, 4) is 11.5 Å². The normalized spacial score (nSPS) is 16.5. The SMILES string of the molecule is CCOc1cc(/C=C2\SC(=O)N(CC(=O)N3CCOCC3)C2=O)cc(I)c1OCC(=O)Nc1cccc(C)c1. The van der Waals surface area contributed by atoms with Crippen LogP contribution in [0, 0.1) is 10.5 Å². The van der Waals surface area contributed by atoms with Gasteiger partial charge in [-0.1, -0.05) is 12.1 Å². The van der Waals surface area contributed by atoms with E-state index in [9.17, 15) is 19.2 Å². The minimum atomic E-state index is -0.521. The molecule has 0 spiro atoms. The van der Waals surface area contributed by atoms with Crippen LogP contribution < -0.4 is 14.8 Å². The van der Waals surface area contributed by atoms with E-state index in [1.54, 1.807) is 29.2 Å². The molecule has 4 amide bonds. The van der Waals surface area contributed by atoms with Crippen molar-refractivity contribution in [2.24, 2.45) is 0 Å². The van der Waals surface area contributed by atoms with E-state index in [0.29, 0.717) is 59.2 Å². The van der Waals surface area contributed by atoms with Gasteiger partial charge in [-0.2, -0.15) is 0 Å². The van der Waals surface area contributed by atoms with Crippen LogP contribution >= 0.6 is 34.4 Å². The lowest BCUT2D eigenvalue weighted by Gasteiger charge is -2.28. The van der Waals surface area contributed by atoms with E-state index in [1.807, 2.05) is 32.0 Å². The Hall–Kier alpha value is -3.10. The number of benzene rings is 2. The van der Waals surface area contributed by atoms with Gasteiger partial charge in [-0.05, 0) is 89.7 Å². The van der Waals surface area contributed by atoms with Crippen molar-refractivity contribution in [3.05, 3.63) is 56.0 Å². The van der Waals surface area contributed by atoms with Gasteiger partial charge in [0.15, 0.2) is 18.1 Å². The third-order valence-corrected chi connectivity index (χ3v) is 7.52. The molecule has 206 valence electrons. The van der Waals surface area contributed by atoms with Crippen molar-refractivity contribution >= 4 is 69.1 Å². The number of amides is 4. The Bertz CT molecular complexity index is 1310. The molecule has 0 unspecified atom stereocenters. The first-order valence-electron chi connectivity index (χ1n) is 12.3. The Labute approximate surface area is 244 Å². The molecule has 4 rings (SSSR count). The van der Waals surface area contributed by atoms with Crippen molar-refractivity contribution in [1.29, 1.82) is 0 Å². The number of rotatable bonds is 9. The molecule has 10 nitrogen and oxygen atoms in total. The second kappa shape index (κ2) is 13.3. The highest BCUT2D eigenvalue weighted by Crippen LogP contribution is 2.37. The van der Waals surface area contributed by atoms with Gasteiger partial charge in [0.2, 0.25) is 5.91 Å². The van der Waals surface area contributed by atoms with E-state index in [2.05, 4.69) is 27.9 Å². The van der Waals surface area contributed by atoms with E-state index < -0.39 is 11.1 Å². The summed E-state index contributed by atoms with van der Waals surface area (Å²) < 4.78 is 17.5. The third kappa shape index (κ3) is 7.51. The van der Waals surface area contributed by atoms with Crippen molar-refractivity contribution in [2.45, 2.75) is 13.8 Å². The highest BCUT2D eigenvalue weighted by molar-refractivity contribution is 14.1. The standard InChI is InChI=1S/C27H28IN3O7S/c1-3-37-21-13-18(12-20(28)25(21)38-16-23(32)29-19-6-4-5-17(2)11-19)14-22-26(34)31(27(35)39-22)15-24(33)30-7-9-36-10-8-30/h4-6,11-14H,3,7-10,15-16H2,1-2H3,(H,29,32)/b22-14-. The molecule has 2 heterocycles. The number of ether oxygens (including phenoxy) is 3. The summed E-state index contributed by atoms with van der Waals surface area (Å²) in [5.41, 5.74) is 2.32. The summed E-state index contributed by atoms with van der Waals surface area (Å²) >= 11 is 2.86. The van der Waals surface area contributed by atoms with E-state index in [1.165, 1.54) is 0 Å². The summed E-state index contributed by atoms with van der Waals surface area (Å²) in [7, 11) is 0.